The second-order valence-electron chi connectivity index (χ2n) is 42.0. The minimum Gasteiger partial charge on any atom is -0.544 e. The summed E-state index contributed by atoms with van der Waals surface area (Å²) in [7, 11) is -7.65. The first-order valence-electron chi connectivity index (χ1n) is 44.2. The van der Waals surface area contributed by atoms with Crippen molar-refractivity contribution in [1.29, 1.82) is 0 Å². The molecule has 0 radical (unpaired) electrons. The van der Waals surface area contributed by atoms with Crippen LogP contribution in [0.25, 0.3) is 0 Å². The van der Waals surface area contributed by atoms with Gasteiger partial charge in [0, 0.05) is 64.7 Å². The van der Waals surface area contributed by atoms with Gasteiger partial charge in [-0.3, -0.25) is 4.79 Å². The zero-order valence-electron chi connectivity index (χ0n) is 75.5. The molecular formula is C103H136O13Si4. The van der Waals surface area contributed by atoms with Gasteiger partial charge >= 0.3 is 0 Å². The Kier molecular flexibility index (Phi) is 25.7. The topological polar surface area (TPSA) is 172 Å². The molecule has 8 aliphatic rings. The van der Waals surface area contributed by atoms with Crippen molar-refractivity contribution in [3.63, 3.8) is 0 Å². The molecule has 4 aliphatic carbocycles. The van der Waals surface area contributed by atoms with Gasteiger partial charge in [-0.1, -0.05) is 169 Å². The van der Waals surface area contributed by atoms with Gasteiger partial charge < -0.3 is 57.1 Å². The van der Waals surface area contributed by atoms with E-state index < -0.39 is 33.3 Å². The van der Waals surface area contributed by atoms with E-state index in [1.165, 1.54) is 28.7 Å². The van der Waals surface area contributed by atoms with Crippen molar-refractivity contribution < 1.29 is 61.9 Å². The molecule has 4 aliphatic heterocycles. The average Bonchev–Trinajstić information content (AvgIpc) is 0.765. The lowest BCUT2D eigenvalue weighted by Gasteiger charge is -2.44. The van der Waals surface area contributed by atoms with Crippen LogP contribution in [0.2, 0.25) is 72.5 Å². The summed E-state index contributed by atoms with van der Waals surface area (Å²) in [6, 6.07) is 55.4. The van der Waals surface area contributed by atoms with Gasteiger partial charge in [-0.05, 0) is 298 Å². The summed E-state index contributed by atoms with van der Waals surface area (Å²) >= 11 is 0. The number of phenolic OH excluding ortho intramolecular Hbond substituents is 4. The van der Waals surface area contributed by atoms with Gasteiger partial charge in [-0.15, -0.1) is 0 Å². The van der Waals surface area contributed by atoms with Crippen LogP contribution in [0.3, 0.4) is 0 Å². The van der Waals surface area contributed by atoms with Crippen molar-refractivity contribution in [3.8, 4) is 69.0 Å². The molecule has 16 rings (SSSR count). The molecule has 120 heavy (non-hydrogen) atoms. The number of rotatable bonds is 12. The zero-order valence-corrected chi connectivity index (χ0v) is 79.5. The van der Waals surface area contributed by atoms with Crippen LogP contribution in [-0.4, -0.2) is 59.5 Å². The molecule has 0 bridgehead atoms. The van der Waals surface area contributed by atoms with Crippen LogP contribution in [0.15, 0.2) is 194 Å². The van der Waals surface area contributed by atoms with Crippen LogP contribution < -0.4 is 36.7 Å². The fraction of sp³-hybridized carbons (Fsp3) is 0.485. The lowest BCUT2D eigenvalue weighted by atomic mass is 9.67. The summed E-state index contributed by atoms with van der Waals surface area (Å²) in [5, 5.41) is 39.4. The number of aromatic hydroxyl groups is 4. The molecule has 8 aromatic carbocycles. The van der Waals surface area contributed by atoms with E-state index in [-0.39, 0.29) is 73.7 Å². The highest BCUT2D eigenvalue weighted by Crippen LogP contribution is 2.60. The Morgan fingerprint density at radius 2 is 0.592 bits per heavy atom. The lowest BCUT2D eigenvalue weighted by molar-refractivity contribution is -0.122. The third-order valence-corrected chi connectivity index (χ3v) is 46.7. The van der Waals surface area contributed by atoms with Crippen molar-refractivity contribution in [2.45, 2.75) is 288 Å². The Morgan fingerprint density at radius 1 is 0.325 bits per heavy atom. The van der Waals surface area contributed by atoms with E-state index in [1.807, 2.05) is 54.6 Å². The smallest absolute Gasteiger partial charge is 0.250 e. The van der Waals surface area contributed by atoms with Crippen LogP contribution in [-0.2, 0) is 4.79 Å². The maximum Gasteiger partial charge on any atom is 0.250 e. The van der Waals surface area contributed by atoms with E-state index in [1.54, 1.807) is 36.4 Å². The monoisotopic (exact) mass is 1690 g/mol. The fourth-order valence-electron chi connectivity index (χ4n) is 18.1. The van der Waals surface area contributed by atoms with E-state index in [9.17, 15) is 25.2 Å². The molecule has 4 heterocycles. The highest BCUT2D eigenvalue weighted by atomic mass is 28.4. The first-order chi connectivity index (χ1) is 56.2. The Hall–Kier alpha value is -8.62. The fourth-order valence-corrected chi connectivity index (χ4v) is 22.2. The van der Waals surface area contributed by atoms with Crippen LogP contribution in [0.1, 0.15) is 260 Å². The molecule has 4 saturated carbocycles. The number of Topliss-reactive ketones (excluding diaryl/α,β-unsaturated/α-hetero) is 1. The summed E-state index contributed by atoms with van der Waals surface area (Å²) in [6.07, 6.45) is 11.7. The van der Waals surface area contributed by atoms with Crippen LogP contribution in [0, 0.1) is 29.6 Å². The highest BCUT2D eigenvalue weighted by molar-refractivity contribution is 6.76. The van der Waals surface area contributed by atoms with Gasteiger partial charge in [-0.25, -0.2) is 0 Å². The molecule has 4 N–H and O–H groups in total. The summed E-state index contributed by atoms with van der Waals surface area (Å²) in [6.45, 7) is 56.4. The number of allylic oxidation sites excluding steroid dienone is 2. The molecule has 17 heteroatoms. The van der Waals surface area contributed by atoms with Crippen molar-refractivity contribution in [2.24, 2.45) is 29.6 Å². The van der Waals surface area contributed by atoms with Crippen molar-refractivity contribution in [1.82, 2.24) is 0 Å². The summed E-state index contributed by atoms with van der Waals surface area (Å²) in [5.41, 5.74) is 11.9. The predicted molar refractivity (Wildman–Crippen MR) is 496 cm³/mol. The molecule has 1 unspecified atom stereocenters. The standard InChI is InChI=1S/C32H48O3Si2.C31H46O4Si2.C20H22O3.C20H20O3/c1-22-12-18-26-27(20-22)28-21-25(35-37(10,11)32(5,6)7)17-19-29(28)33-30(26)23-13-15-24(16-14-23)34-36(8,9)31(2,3)4;1-30(2,3)36(7,8)34-23-14-11-21(12-15-23)29-25-17-13-22(32)19-26(25)27-20-24(16-18-28(27)33-29)35-37(9,10)31(4,5)6;2*1-12-2-8-16-17(10-12)18-11-15(22)7-9-19(18)23-20(16)13-3-5-14(21)6-4-13/h13-17,19,21,26-27,30H,1,12,18,20H2,2-11H3;11-12,14-16,18,20,25-26,29H,13,17,19H2,1-10H3;3-7,9,11-12,16-17,20-22H,2,8,10H2,1H3;3-7,9,11,16-17,20-22H,1-2,8,10H2/t26-,27+,30-;25-,26+,29-;12?,16-,17+,20-;16-,17+,20-/m1111/s1. The van der Waals surface area contributed by atoms with Crippen molar-refractivity contribution >= 4 is 39.1 Å². The minimum atomic E-state index is -1.97. The first kappa shape index (κ1) is 89.1. The molecule has 0 amide bonds. The van der Waals surface area contributed by atoms with E-state index in [4.69, 9.17) is 36.7 Å². The van der Waals surface area contributed by atoms with E-state index in [0.717, 1.165) is 137 Å². The SMILES string of the molecule is C=C1CC[C@@H]2[C@H](C1)c1cc(O)ccc1O[C@@H]2c1ccc(O)cc1.C=C1CC[C@@H]2[C@H](C1)c1cc(O[Si](C)(C)C(C)(C)C)ccc1O[C@@H]2c1ccc(O[Si](C)(C)C(C)(C)C)cc1.CC(C)(C)[Si](C)(C)Oc1ccc([C@H]2Oc3ccc(O[Si](C)(C)C(C)(C)C)cc3[C@H]3CC(=O)CC[C@H]32)cc1.CC1CC[C@@H]2[C@H](C1)c1cc(O)ccc1O[C@@H]2c1ccc(O)cc1. The molecule has 0 aromatic heterocycles. The third kappa shape index (κ3) is 19.7. The Balaban J connectivity index is 0.000000141. The molecule has 0 saturated heterocycles. The van der Waals surface area contributed by atoms with Crippen LogP contribution in [0.4, 0.5) is 0 Å². The van der Waals surface area contributed by atoms with Gasteiger partial charge in [0.05, 0.1) is 0 Å². The normalized spacial score (nSPS) is 24.5. The second kappa shape index (κ2) is 34.6. The van der Waals surface area contributed by atoms with Gasteiger partial charge in [0.2, 0.25) is 33.3 Å². The Bertz CT molecular complexity index is 4780. The maximum atomic E-state index is 12.6. The maximum absolute atomic E-state index is 12.6. The number of ketones is 1. The summed E-state index contributed by atoms with van der Waals surface area (Å²) < 4.78 is 52.4. The molecule has 0 spiro atoms. The minimum absolute atomic E-state index is 0.0187. The van der Waals surface area contributed by atoms with Crippen molar-refractivity contribution in [2.75, 3.05) is 0 Å². The van der Waals surface area contributed by atoms with Gasteiger partial charge in [0.25, 0.3) is 0 Å². The predicted octanol–water partition coefficient (Wildman–Crippen LogP) is 28.5. The number of hydrogen-bond acceptors (Lipinski definition) is 13. The largest absolute Gasteiger partial charge is 0.544 e. The van der Waals surface area contributed by atoms with Crippen LogP contribution >= 0.6 is 0 Å². The van der Waals surface area contributed by atoms with Gasteiger partial charge in [0.15, 0.2) is 0 Å². The number of benzene rings is 8. The first-order valence-corrected chi connectivity index (χ1v) is 55.8. The number of carbonyl (C=O) groups is 1. The zero-order chi connectivity index (χ0) is 86.7. The Morgan fingerprint density at radius 3 is 0.933 bits per heavy atom. The number of phenols is 4. The molecule has 8 aromatic rings. The van der Waals surface area contributed by atoms with Gasteiger partial charge in [-0.2, -0.15) is 0 Å². The average molecular weight is 1690 g/mol. The number of carbonyl (C=O) groups excluding carboxylic acids is 1. The van der Waals surface area contributed by atoms with E-state index in [2.05, 4.69) is 234 Å². The second-order valence-corrected chi connectivity index (χ2v) is 60.9. The van der Waals surface area contributed by atoms with E-state index in [0.29, 0.717) is 65.8 Å². The number of fused-ring (bicyclic) bond motifs is 12. The molecule has 4 fully saturated rings. The Labute approximate surface area is 721 Å². The molecule has 642 valence electrons. The number of ether oxygens (including phenoxy) is 4. The molecule has 13 nitrogen and oxygen atoms in total. The quantitative estimate of drug-likeness (QED) is 0.0673. The van der Waals surface area contributed by atoms with Crippen LogP contribution in [0.5, 0.6) is 69.0 Å². The summed E-state index contributed by atoms with van der Waals surface area (Å²) in [4.78, 5) is 12.6. The summed E-state index contributed by atoms with van der Waals surface area (Å²) in [5.74, 6) is 12.3. The van der Waals surface area contributed by atoms with E-state index >= 15 is 0 Å². The third-order valence-electron chi connectivity index (χ3n) is 29.3. The molecular weight excluding hydrogens is 1560 g/mol. The number of hydrogen-bond donors (Lipinski definition) is 4. The lowest BCUT2D eigenvalue weighted by Crippen LogP contribution is -2.44. The highest BCUT2D eigenvalue weighted by Gasteiger charge is 2.49. The van der Waals surface area contributed by atoms with Crippen molar-refractivity contribution in [3.05, 3.63) is 239 Å². The molecule has 13 atom stereocenters. The van der Waals surface area contributed by atoms with Gasteiger partial charge in [0.1, 0.15) is 99.2 Å².